The number of amides is 2. The first-order valence-electron chi connectivity index (χ1n) is 13.1. The number of nitrogens with zero attached hydrogens (tertiary/aromatic N) is 2. The first kappa shape index (κ1) is 28.7. The fourth-order valence-electron chi connectivity index (χ4n) is 5.56. The standard InChI is InChI=1S/C30H29Cl3FN3O3/c1-36(18-19-2-5-21(31)6-3-19)28(38)23(20-4-8-25(32)26(33)16-20)10-13-37-14-11-30(12-15-37)24-17-22(34)7-9-27(24)35-29(39)40-30/h2-9,16-17,23H,10-15,18H2,1H3,(H,35,39). The minimum Gasteiger partial charge on any atom is -0.438 e. The van der Waals surface area contributed by atoms with Gasteiger partial charge in [-0.2, -0.15) is 0 Å². The Balaban J connectivity index is 1.29. The van der Waals surface area contributed by atoms with Crippen LogP contribution in [-0.4, -0.2) is 48.5 Å². The maximum Gasteiger partial charge on any atom is 0.412 e. The smallest absolute Gasteiger partial charge is 0.412 e. The molecule has 0 aromatic heterocycles. The summed E-state index contributed by atoms with van der Waals surface area (Å²) in [6.07, 6.45) is 1.08. The molecular formula is C30H29Cl3FN3O3. The van der Waals surface area contributed by atoms with E-state index >= 15 is 0 Å². The SMILES string of the molecule is CN(Cc1ccc(Cl)cc1)C(=O)C(CCN1CCC2(CC1)OC(=O)Nc1ccc(F)cc12)c1ccc(Cl)c(Cl)c1. The number of likely N-dealkylation sites (tertiary alicyclic amines) is 1. The lowest BCUT2D eigenvalue weighted by Crippen LogP contribution is -2.48. The van der Waals surface area contributed by atoms with Crippen LogP contribution in [0.1, 0.15) is 41.9 Å². The van der Waals surface area contributed by atoms with Crippen LogP contribution in [0.25, 0.3) is 0 Å². The molecular weight excluding hydrogens is 576 g/mol. The Labute approximate surface area is 247 Å². The van der Waals surface area contributed by atoms with E-state index in [4.69, 9.17) is 39.5 Å². The van der Waals surface area contributed by atoms with Crippen molar-refractivity contribution in [3.05, 3.63) is 98.2 Å². The summed E-state index contributed by atoms with van der Waals surface area (Å²) in [7, 11) is 1.79. The summed E-state index contributed by atoms with van der Waals surface area (Å²) in [5.41, 5.74) is 2.16. The molecule has 3 aromatic rings. The average molecular weight is 605 g/mol. The quantitative estimate of drug-likeness (QED) is 0.304. The lowest BCUT2D eigenvalue weighted by molar-refractivity contribution is -0.132. The molecule has 1 atom stereocenters. The Kier molecular flexibility index (Phi) is 8.57. The molecule has 0 saturated carbocycles. The van der Waals surface area contributed by atoms with Crippen LogP contribution >= 0.6 is 34.8 Å². The van der Waals surface area contributed by atoms with Gasteiger partial charge in [-0.05, 0) is 66.6 Å². The number of likely N-dealkylation sites (N-methyl/N-ethyl adjacent to an activating group) is 1. The van der Waals surface area contributed by atoms with E-state index in [1.165, 1.54) is 12.1 Å². The van der Waals surface area contributed by atoms with Crippen molar-refractivity contribution >= 4 is 52.5 Å². The Morgan fingerprint density at radius 3 is 2.48 bits per heavy atom. The molecule has 2 amide bonds. The van der Waals surface area contributed by atoms with Gasteiger partial charge in [-0.3, -0.25) is 10.1 Å². The highest BCUT2D eigenvalue weighted by molar-refractivity contribution is 6.42. The van der Waals surface area contributed by atoms with Gasteiger partial charge >= 0.3 is 6.09 Å². The number of hydrogen-bond acceptors (Lipinski definition) is 4. The number of carbonyl (C=O) groups is 2. The van der Waals surface area contributed by atoms with Gasteiger partial charge in [0.1, 0.15) is 11.4 Å². The minimum absolute atomic E-state index is 0.0292. The van der Waals surface area contributed by atoms with Crippen molar-refractivity contribution in [1.29, 1.82) is 0 Å². The summed E-state index contributed by atoms with van der Waals surface area (Å²) >= 11 is 18.5. The predicted octanol–water partition coefficient (Wildman–Crippen LogP) is 7.47. The van der Waals surface area contributed by atoms with Crippen molar-refractivity contribution < 1.29 is 18.7 Å². The maximum absolute atomic E-state index is 14.1. The molecule has 10 heteroatoms. The Bertz CT molecular complexity index is 1410. The summed E-state index contributed by atoms with van der Waals surface area (Å²) in [6, 6.07) is 17.1. The predicted molar refractivity (Wildman–Crippen MR) is 156 cm³/mol. The third-order valence-electron chi connectivity index (χ3n) is 7.75. The highest BCUT2D eigenvalue weighted by Gasteiger charge is 2.44. The molecule has 40 heavy (non-hydrogen) atoms. The summed E-state index contributed by atoms with van der Waals surface area (Å²) in [5, 5.41) is 4.14. The lowest BCUT2D eigenvalue weighted by atomic mass is 9.82. The zero-order chi connectivity index (χ0) is 28.4. The topological polar surface area (TPSA) is 61.9 Å². The van der Waals surface area contributed by atoms with Crippen molar-refractivity contribution in [3.63, 3.8) is 0 Å². The highest BCUT2D eigenvalue weighted by atomic mass is 35.5. The van der Waals surface area contributed by atoms with Crippen LogP contribution in [0.3, 0.4) is 0 Å². The maximum atomic E-state index is 14.1. The Morgan fingerprint density at radius 1 is 1.05 bits per heavy atom. The molecule has 2 aliphatic rings. The second-order valence-electron chi connectivity index (χ2n) is 10.4. The molecule has 0 bridgehead atoms. The van der Waals surface area contributed by atoms with Crippen molar-refractivity contribution in [2.75, 3.05) is 32.0 Å². The van der Waals surface area contributed by atoms with E-state index in [1.807, 2.05) is 18.2 Å². The molecule has 0 radical (unpaired) electrons. The van der Waals surface area contributed by atoms with Gasteiger partial charge in [-0.15, -0.1) is 0 Å². The number of fused-ring (bicyclic) bond motifs is 2. The van der Waals surface area contributed by atoms with Crippen molar-refractivity contribution in [2.24, 2.45) is 0 Å². The molecule has 1 saturated heterocycles. The number of benzene rings is 3. The van der Waals surface area contributed by atoms with Gasteiger partial charge in [-0.1, -0.05) is 53.0 Å². The summed E-state index contributed by atoms with van der Waals surface area (Å²) < 4.78 is 19.8. The zero-order valence-electron chi connectivity index (χ0n) is 21.9. The highest BCUT2D eigenvalue weighted by Crippen LogP contribution is 2.44. The Morgan fingerprint density at radius 2 is 1.77 bits per heavy atom. The molecule has 5 rings (SSSR count). The number of nitrogens with one attached hydrogen (secondary N) is 1. The molecule has 0 aliphatic carbocycles. The van der Waals surface area contributed by atoms with Crippen LogP contribution in [-0.2, 0) is 21.7 Å². The van der Waals surface area contributed by atoms with Crippen LogP contribution in [0, 0.1) is 5.82 Å². The van der Waals surface area contributed by atoms with Crippen molar-refractivity contribution in [1.82, 2.24) is 9.80 Å². The minimum atomic E-state index is -0.867. The van der Waals surface area contributed by atoms with Gasteiger partial charge in [0.2, 0.25) is 5.91 Å². The van der Waals surface area contributed by atoms with Crippen molar-refractivity contribution in [3.8, 4) is 0 Å². The van der Waals surface area contributed by atoms with E-state index in [2.05, 4.69) is 10.2 Å². The molecule has 1 N–H and O–H groups in total. The normalized spacial score (nSPS) is 17.1. The van der Waals surface area contributed by atoms with E-state index in [-0.39, 0.29) is 11.7 Å². The van der Waals surface area contributed by atoms with Gasteiger partial charge in [0, 0.05) is 50.1 Å². The van der Waals surface area contributed by atoms with Gasteiger partial charge in [0.05, 0.1) is 21.7 Å². The van der Waals surface area contributed by atoms with Crippen LogP contribution in [0.5, 0.6) is 0 Å². The fourth-order valence-corrected chi connectivity index (χ4v) is 5.99. The second kappa shape index (κ2) is 12.0. The number of anilines is 1. The van der Waals surface area contributed by atoms with Crippen LogP contribution < -0.4 is 5.32 Å². The molecule has 210 valence electrons. The van der Waals surface area contributed by atoms with Gasteiger partial charge in [0.25, 0.3) is 0 Å². The average Bonchev–Trinajstić information content (AvgIpc) is 2.93. The summed E-state index contributed by atoms with van der Waals surface area (Å²) in [6.45, 7) is 2.34. The monoisotopic (exact) mass is 603 g/mol. The third-order valence-corrected chi connectivity index (χ3v) is 8.74. The van der Waals surface area contributed by atoms with Crippen LogP contribution in [0.4, 0.5) is 14.9 Å². The lowest BCUT2D eigenvalue weighted by Gasteiger charge is -2.44. The first-order valence-corrected chi connectivity index (χ1v) is 14.2. The molecule has 1 fully saturated rings. The van der Waals surface area contributed by atoms with Crippen LogP contribution in [0.2, 0.25) is 15.1 Å². The fraction of sp³-hybridized carbons (Fsp3) is 0.333. The molecule has 6 nitrogen and oxygen atoms in total. The van der Waals surface area contributed by atoms with Crippen molar-refractivity contribution in [2.45, 2.75) is 37.3 Å². The van der Waals surface area contributed by atoms with E-state index in [0.29, 0.717) is 71.8 Å². The second-order valence-corrected chi connectivity index (χ2v) is 11.6. The number of hydrogen-bond donors (Lipinski definition) is 1. The number of carbonyl (C=O) groups excluding carboxylic acids is 2. The molecule has 3 aromatic carbocycles. The summed E-state index contributed by atoms with van der Waals surface area (Å²) in [5.74, 6) is -0.834. The number of ether oxygens (including phenoxy) is 1. The molecule has 1 unspecified atom stereocenters. The van der Waals surface area contributed by atoms with Gasteiger partial charge in [0.15, 0.2) is 0 Å². The third kappa shape index (κ3) is 6.23. The van der Waals surface area contributed by atoms with E-state index < -0.39 is 17.6 Å². The Hall–Kier alpha value is -2.84. The van der Waals surface area contributed by atoms with Gasteiger partial charge < -0.3 is 14.5 Å². The van der Waals surface area contributed by atoms with E-state index in [0.717, 1.165) is 11.1 Å². The van der Waals surface area contributed by atoms with E-state index in [9.17, 15) is 14.0 Å². The largest absolute Gasteiger partial charge is 0.438 e. The number of halogens is 4. The number of rotatable bonds is 7. The zero-order valence-corrected chi connectivity index (χ0v) is 24.2. The van der Waals surface area contributed by atoms with Gasteiger partial charge in [-0.25, -0.2) is 9.18 Å². The first-order chi connectivity index (χ1) is 19.1. The molecule has 2 aliphatic heterocycles. The molecule has 1 spiro atoms. The van der Waals surface area contributed by atoms with Crippen LogP contribution in [0.15, 0.2) is 60.7 Å². The molecule has 2 heterocycles. The number of piperidine rings is 1. The summed E-state index contributed by atoms with van der Waals surface area (Å²) in [4.78, 5) is 30.0. The van der Waals surface area contributed by atoms with E-state index in [1.54, 1.807) is 42.3 Å².